The number of aromatic nitrogens is 4. The van der Waals surface area contributed by atoms with E-state index < -0.39 is 0 Å². The number of fused-ring (bicyclic) bond motifs is 1. The Morgan fingerprint density at radius 3 is 2.85 bits per heavy atom. The summed E-state index contributed by atoms with van der Waals surface area (Å²) >= 11 is 0. The van der Waals surface area contributed by atoms with Crippen molar-refractivity contribution in [3.05, 3.63) is 35.5 Å². The van der Waals surface area contributed by atoms with Crippen LogP contribution >= 0.6 is 0 Å². The molecule has 0 aliphatic heterocycles. The predicted molar refractivity (Wildman–Crippen MR) is 78.8 cm³/mol. The van der Waals surface area contributed by atoms with Gasteiger partial charge in [-0.3, -0.25) is 4.68 Å². The van der Waals surface area contributed by atoms with Crippen LogP contribution in [-0.2, 0) is 12.8 Å². The Morgan fingerprint density at radius 1 is 1.25 bits per heavy atom. The molecule has 0 saturated carbocycles. The van der Waals surface area contributed by atoms with Crippen molar-refractivity contribution in [3.63, 3.8) is 0 Å². The number of hydrogen-bond donors (Lipinski definition) is 1. The third kappa shape index (κ3) is 2.40. The molecule has 106 valence electrons. The lowest BCUT2D eigenvalue weighted by Gasteiger charge is -2.23. The molecular formula is C15H21N5. The minimum atomic E-state index is 0.258. The molecule has 2 aromatic heterocycles. The third-order valence-electron chi connectivity index (χ3n) is 4.11. The molecule has 1 N–H and O–H groups in total. The van der Waals surface area contributed by atoms with Crippen LogP contribution in [0.15, 0.2) is 18.7 Å². The van der Waals surface area contributed by atoms with Gasteiger partial charge in [0.15, 0.2) is 0 Å². The number of hydrogen-bond acceptors (Lipinski definition) is 4. The zero-order chi connectivity index (χ0) is 14.1. The van der Waals surface area contributed by atoms with Crippen molar-refractivity contribution in [1.82, 2.24) is 19.7 Å². The average molecular weight is 271 g/mol. The molecule has 0 spiro atoms. The van der Waals surface area contributed by atoms with Crippen molar-refractivity contribution in [1.29, 1.82) is 0 Å². The van der Waals surface area contributed by atoms with E-state index >= 15 is 0 Å². The Morgan fingerprint density at radius 2 is 2.10 bits per heavy atom. The topological polar surface area (TPSA) is 55.6 Å². The van der Waals surface area contributed by atoms with Crippen LogP contribution in [0.2, 0.25) is 0 Å². The van der Waals surface area contributed by atoms with E-state index in [-0.39, 0.29) is 12.1 Å². The number of aryl methyl sites for hydroxylation is 2. The lowest BCUT2D eigenvalue weighted by atomic mass is 10.1. The fraction of sp³-hybridized carbons (Fsp3) is 0.533. The summed E-state index contributed by atoms with van der Waals surface area (Å²) in [7, 11) is 0. The summed E-state index contributed by atoms with van der Waals surface area (Å²) in [5.74, 6) is 0.996. The first-order valence-corrected chi connectivity index (χ1v) is 7.25. The highest BCUT2D eigenvalue weighted by Gasteiger charge is 2.20. The summed E-state index contributed by atoms with van der Waals surface area (Å²) in [5.41, 5.74) is 3.69. The van der Waals surface area contributed by atoms with Crippen LogP contribution in [0.4, 0.5) is 5.82 Å². The van der Waals surface area contributed by atoms with Gasteiger partial charge in [0, 0.05) is 23.5 Å². The maximum absolute atomic E-state index is 4.42. The highest BCUT2D eigenvalue weighted by atomic mass is 15.3. The molecule has 1 aliphatic carbocycles. The second-order valence-electron chi connectivity index (χ2n) is 5.67. The van der Waals surface area contributed by atoms with Gasteiger partial charge in [-0.1, -0.05) is 0 Å². The van der Waals surface area contributed by atoms with Gasteiger partial charge in [-0.2, -0.15) is 5.10 Å². The van der Waals surface area contributed by atoms with E-state index in [1.165, 1.54) is 23.2 Å². The molecule has 0 bridgehead atoms. The molecule has 2 atom stereocenters. The molecule has 2 unspecified atom stereocenters. The molecule has 2 heterocycles. The number of rotatable bonds is 4. The lowest BCUT2D eigenvalue weighted by molar-refractivity contribution is 0.442. The second kappa shape index (κ2) is 5.23. The number of anilines is 1. The second-order valence-corrected chi connectivity index (χ2v) is 5.67. The minimum Gasteiger partial charge on any atom is -0.365 e. The molecule has 0 radical (unpaired) electrons. The van der Waals surface area contributed by atoms with E-state index in [9.17, 15) is 0 Å². The van der Waals surface area contributed by atoms with Crippen molar-refractivity contribution in [2.45, 2.75) is 52.1 Å². The Balaban J connectivity index is 1.76. The summed E-state index contributed by atoms with van der Waals surface area (Å²) in [6, 6.07) is 0.532. The molecule has 0 aromatic carbocycles. The maximum Gasteiger partial charge on any atom is 0.133 e. The van der Waals surface area contributed by atoms with Crippen LogP contribution < -0.4 is 5.32 Å². The zero-order valence-corrected chi connectivity index (χ0v) is 12.3. The molecule has 0 saturated heterocycles. The molecule has 0 fully saturated rings. The molecule has 0 amide bonds. The predicted octanol–water partition coefficient (Wildman–Crippen LogP) is 2.53. The Hall–Kier alpha value is -1.91. The van der Waals surface area contributed by atoms with Crippen LogP contribution in [0, 0.1) is 6.92 Å². The Labute approximate surface area is 119 Å². The van der Waals surface area contributed by atoms with Gasteiger partial charge < -0.3 is 5.32 Å². The van der Waals surface area contributed by atoms with Crippen molar-refractivity contribution < 1.29 is 0 Å². The van der Waals surface area contributed by atoms with Crippen LogP contribution in [0.3, 0.4) is 0 Å². The Bertz CT molecular complexity index is 604. The summed E-state index contributed by atoms with van der Waals surface area (Å²) < 4.78 is 2.01. The van der Waals surface area contributed by atoms with E-state index in [2.05, 4.69) is 47.4 Å². The van der Waals surface area contributed by atoms with Gasteiger partial charge in [-0.15, -0.1) is 0 Å². The van der Waals surface area contributed by atoms with Crippen LogP contribution in [0.1, 0.15) is 43.1 Å². The molecular weight excluding hydrogens is 250 g/mol. The first-order valence-electron chi connectivity index (χ1n) is 7.25. The van der Waals surface area contributed by atoms with Crippen molar-refractivity contribution >= 4 is 5.82 Å². The number of nitrogens with zero attached hydrogens (tertiary/aromatic N) is 4. The molecule has 1 aliphatic rings. The lowest BCUT2D eigenvalue weighted by Crippen LogP contribution is -2.28. The molecule has 20 heavy (non-hydrogen) atoms. The van der Waals surface area contributed by atoms with Gasteiger partial charge in [0.2, 0.25) is 0 Å². The van der Waals surface area contributed by atoms with E-state index in [0.29, 0.717) is 0 Å². The van der Waals surface area contributed by atoms with Crippen molar-refractivity contribution in [3.8, 4) is 0 Å². The SMILES string of the molecule is Cc1cnn(C(C)C(C)Nc2ncnc3c2CCC3)c1. The van der Waals surface area contributed by atoms with Crippen molar-refractivity contribution in [2.75, 3.05) is 5.32 Å². The van der Waals surface area contributed by atoms with E-state index in [1.54, 1.807) is 6.33 Å². The van der Waals surface area contributed by atoms with Gasteiger partial charge in [0.25, 0.3) is 0 Å². The van der Waals surface area contributed by atoms with Crippen LogP contribution in [0.5, 0.6) is 0 Å². The fourth-order valence-corrected chi connectivity index (χ4v) is 2.71. The maximum atomic E-state index is 4.42. The normalized spacial score (nSPS) is 16.8. The largest absolute Gasteiger partial charge is 0.365 e. The van der Waals surface area contributed by atoms with E-state index in [4.69, 9.17) is 0 Å². The number of nitrogens with one attached hydrogen (secondary N) is 1. The highest BCUT2D eigenvalue weighted by Crippen LogP contribution is 2.26. The zero-order valence-electron chi connectivity index (χ0n) is 12.3. The first-order chi connectivity index (χ1) is 9.65. The average Bonchev–Trinajstić information content (AvgIpc) is 3.06. The van der Waals surface area contributed by atoms with Crippen LogP contribution in [0.25, 0.3) is 0 Å². The standard InChI is InChI=1S/C15H21N5/c1-10-7-18-20(8-10)12(3)11(2)19-15-13-5-4-6-14(13)16-9-17-15/h7-9,11-12H,4-6H2,1-3H3,(H,16,17,19). The summed E-state index contributed by atoms with van der Waals surface area (Å²) in [4.78, 5) is 8.78. The van der Waals surface area contributed by atoms with E-state index in [0.717, 1.165) is 18.7 Å². The monoisotopic (exact) mass is 271 g/mol. The quantitative estimate of drug-likeness (QED) is 0.928. The fourth-order valence-electron chi connectivity index (χ4n) is 2.71. The first kappa shape index (κ1) is 13.1. The molecule has 3 rings (SSSR count). The highest BCUT2D eigenvalue weighted by molar-refractivity contribution is 5.48. The van der Waals surface area contributed by atoms with Gasteiger partial charge in [-0.05, 0) is 45.6 Å². The molecule has 5 nitrogen and oxygen atoms in total. The van der Waals surface area contributed by atoms with Crippen molar-refractivity contribution in [2.24, 2.45) is 0 Å². The third-order valence-corrected chi connectivity index (χ3v) is 4.11. The summed E-state index contributed by atoms with van der Waals surface area (Å²) in [5, 5.41) is 7.93. The summed E-state index contributed by atoms with van der Waals surface area (Å²) in [6.45, 7) is 6.41. The van der Waals surface area contributed by atoms with Gasteiger partial charge in [-0.25, -0.2) is 9.97 Å². The Kier molecular flexibility index (Phi) is 3.42. The molecule has 2 aromatic rings. The van der Waals surface area contributed by atoms with Crippen LogP contribution in [-0.4, -0.2) is 25.8 Å². The van der Waals surface area contributed by atoms with Gasteiger partial charge >= 0.3 is 0 Å². The smallest absolute Gasteiger partial charge is 0.133 e. The minimum absolute atomic E-state index is 0.258. The van der Waals surface area contributed by atoms with Gasteiger partial charge in [0.1, 0.15) is 12.1 Å². The summed E-state index contributed by atoms with van der Waals surface area (Å²) in [6.07, 6.45) is 8.99. The van der Waals surface area contributed by atoms with Gasteiger partial charge in [0.05, 0.1) is 12.2 Å². The molecule has 5 heteroatoms. The van der Waals surface area contributed by atoms with E-state index in [1.807, 2.05) is 10.9 Å².